The van der Waals surface area contributed by atoms with Crippen molar-refractivity contribution in [1.29, 1.82) is 0 Å². The van der Waals surface area contributed by atoms with Crippen molar-refractivity contribution in [3.05, 3.63) is 53.8 Å². The molecule has 0 aliphatic carbocycles. The molecule has 3 aromatic heterocycles. The van der Waals surface area contributed by atoms with Crippen molar-refractivity contribution < 1.29 is 18.7 Å². The summed E-state index contributed by atoms with van der Waals surface area (Å²) < 4.78 is 19.4. The molecule has 1 amide bonds. The lowest BCUT2D eigenvalue weighted by Gasteiger charge is -2.27. The van der Waals surface area contributed by atoms with Gasteiger partial charge in [0.2, 0.25) is 0 Å². The van der Waals surface area contributed by atoms with Crippen LogP contribution in [0.1, 0.15) is 70.0 Å². The number of ether oxygens (including phenoxy) is 2. The number of carbonyl (C=O) groups is 1. The molecule has 5 rings (SSSR count). The van der Waals surface area contributed by atoms with Gasteiger partial charge >= 0.3 is 6.09 Å². The lowest BCUT2D eigenvalue weighted by atomic mass is 9.97. The zero-order valence-electron chi connectivity index (χ0n) is 23.7. The van der Waals surface area contributed by atoms with Crippen molar-refractivity contribution in [2.75, 3.05) is 13.2 Å². The normalized spacial score (nSPS) is 16.0. The molecule has 1 fully saturated rings. The molecule has 1 aromatic carbocycles. The molecule has 4 aromatic rings. The molecule has 0 bridgehead atoms. The van der Waals surface area contributed by atoms with E-state index >= 15 is 0 Å². The van der Waals surface area contributed by atoms with Crippen molar-refractivity contribution in [2.24, 2.45) is 0 Å². The lowest BCUT2D eigenvalue weighted by molar-refractivity contribution is -0.0365. The van der Waals surface area contributed by atoms with Gasteiger partial charge in [-0.2, -0.15) is 5.10 Å². The third-order valence-electron chi connectivity index (χ3n) is 7.12. The summed E-state index contributed by atoms with van der Waals surface area (Å²) in [5.41, 5.74) is 6.01. The van der Waals surface area contributed by atoms with Gasteiger partial charge in [-0.1, -0.05) is 6.07 Å². The van der Waals surface area contributed by atoms with Crippen LogP contribution < -0.4 is 0 Å². The number of pyridine rings is 1. The maximum absolute atomic E-state index is 12.8. The second kappa shape index (κ2) is 10.8. The molecular weight excluding hydrogens is 494 g/mol. The summed E-state index contributed by atoms with van der Waals surface area (Å²) in [6.45, 7) is 13.2. The number of hydrogen-bond acceptors (Lipinski definition) is 7. The Morgan fingerprint density at radius 2 is 2.03 bits per heavy atom. The predicted molar refractivity (Wildman–Crippen MR) is 149 cm³/mol. The number of aryl methyl sites for hydroxylation is 1. The molecule has 39 heavy (non-hydrogen) atoms. The summed E-state index contributed by atoms with van der Waals surface area (Å²) >= 11 is 0. The minimum absolute atomic E-state index is 0.108. The Hall–Kier alpha value is -3.72. The van der Waals surface area contributed by atoms with Gasteiger partial charge < -0.3 is 18.8 Å². The molecule has 0 N–H and O–H groups in total. The van der Waals surface area contributed by atoms with Crippen molar-refractivity contribution in [3.8, 4) is 22.6 Å². The monoisotopic (exact) mass is 531 g/mol. The number of hydrogen-bond donors (Lipinski definition) is 0. The van der Waals surface area contributed by atoms with Gasteiger partial charge in [-0.3, -0.25) is 4.98 Å². The largest absolute Gasteiger partial charge is 0.444 e. The molecule has 206 valence electrons. The van der Waals surface area contributed by atoms with Crippen molar-refractivity contribution in [2.45, 2.75) is 79.2 Å². The molecule has 1 unspecified atom stereocenters. The van der Waals surface area contributed by atoms with Gasteiger partial charge in [0.25, 0.3) is 0 Å². The third-order valence-corrected chi connectivity index (χ3v) is 7.12. The Morgan fingerprint density at radius 3 is 2.69 bits per heavy atom. The molecule has 0 saturated carbocycles. The van der Waals surface area contributed by atoms with E-state index in [0.717, 1.165) is 70.4 Å². The fraction of sp³-hybridized carbons (Fsp3) is 0.467. The number of aromatic nitrogens is 4. The Morgan fingerprint density at radius 1 is 1.21 bits per heavy atom. The first-order chi connectivity index (χ1) is 18.7. The molecule has 1 aliphatic rings. The SMILES string of the molecule is CCN(Cc1cncc(-c2ccc3c(c2)c(-c2ocnc2C)nn3C2CCCCO2)c1C)C(=O)OC(C)(C)C. The van der Waals surface area contributed by atoms with Crippen LogP contribution in [-0.4, -0.2) is 49.5 Å². The highest BCUT2D eigenvalue weighted by molar-refractivity contribution is 5.95. The van der Waals surface area contributed by atoms with E-state index in [1.165, 1.54) is 6.39 Å². The van der Waals surface area contributed by atoms with Crippen LogP contribution in [0.5, 0.6) is 0 Å². The number of rotatable bonds is 6. The molecule has 0 radical (unpaired) electrons. The molecule has 0 spiro atoms. The quantitative estimate of drug-likeness (QED) is 0.269. The summed E-state index contributed by atoms with van der Waals surface area (Å²) in [6.07, 6.45) is 7.81. The second-order valence-corrected chi connectivity index (χ2v) is 11.1. The van der Waals surface area contributed by atoms with E-state index in [-0.39, 0.29) is 12.3 Å². The first-order valence-electron chi connectivity index (χ1n) is 13.6. The zero-order valence-corrected chi connectivity index (χ0v) is 23.7. The van der Waals surface area contributed by atoms with Crippen LogP contribution in [0.4, 0.5) is 4.79 Å². The highest BCUT2D eigenvalue weighted by atomic mass is 16.6. The molecule has 1 aliphatic heterocycles. The third kappa shape index (κ3) is 5.54. The van der Waals surface area contributed by atoms with Crippen molar-refractivity contribution in [3.63, 3.8) is 0 Å². The van der Waals surface area contributed by atoms with E-state index in [1.54, 1.807) is 4.90 Å². The number of benzene rings is 1. The summed E-state index contributed by atoms with van der Waals surface area (Å²) in [5.74, 6) is 0.659. The summed E-state index contributed by atoms with van der Waals surface area (Å²) in [7, 11) is 0. The second-order valence-electron chi connectivity index (χ2n) is 11.1. The van der Waals surface area contributed by atoms with Crippen LogP contribution in [0, 0.1) is 13.8 Å². The highest BCUT2D eigenvalue weighted by Crippen LogP contribution is 2.37. The van der Waals surface area contributed by atoms with Crippen LogP contribution in [0.3, 0.4) is 0 Å². The fourth-order valence-electron chi connectivity index (χ4n) is 5.00. The van der Waals surface area contributed by atoms with Crippen LogP contribution in [0.15, 0.2) is 41.4 Å². The van der Waals surface area contributed by atoms with Crippen molar-refractivity contribution in [1.82, 2.24) is 24.6 Å². The van der Waals surface area contributed by atoms with Gasteiger partial charge in [-0.25, -0.2) is 14.5 Å². The number of carbonyl (C=O) groups excluding carboxylic acids is 1. The fourth-order valence-corrected chi connectivity index (χ4v) is 5.00. The maximum Gasteiger partial charge on any atom is 0.410 e. The van der Waals surface area contributed by atoms with Crippen LogP contribution in [0.25, 0.3) is 33.5 Å². The summed E-state index contributed by atoms with van der Waals surface area (Å²) in [6, 6.07) is 6.33. The lowest BCUT2D eigenvalue weighted by Crippen LogP contribution is -2.36. The van der Waals surface area contributed by atoms with Crippen molar-refractivity contribution >= 4 is 17.0 Å². The first kappa shape index (κ1) is 26.9. The standard InChI is InChI=1S/C30H37N5O4/c1-7-34(29(36)39-30(4,5)6)17-22-15-31-16-24(19(22)2)21-11-12-25-23(14-21)27(28-20(3)32-18-38-28)33-35(25)26-10-8-9-13-37-26/h11-12,14-16,18,26H,7-10,13,17H2,1-6H3. The summed E-state index contributed by atoms with van der Waals surface area (Å²) in [5, 5.41) is 5.94. The van der Waals surface area contributed by atoms with Gasteiger partial charge in [0.15, 0.2) is 18.4 Å². The van der Waals surface area contributed by atoms with E-state index in [9.17, 15) is 4.79 Å². The molecule has 1 saturated heterocycles. The van der Waals surface area contributed by atoms with E-state index in [0.29, 0.717) is 18.8 Å². The van der Waals surface area contributed by atoms with E-state index in [2.05, 4.69) is 35.1 Å². The molecule has 9 nitrogen and oxygen atoms in total. The van der Waals surface area contributed by atoms with E-state index in [4.69, 9.17) is 19.0 Å². The number of nitrogens with zero attached hydrogens (tertiary/aromatic N) is 5. The average molecular weight is 532 g/mol. The van der Waals surface area contributed by atoms with Gasteiger partial charge in [-0.05, 0) is 89.6 Å². The Labute approximate surface area is 229 Å². The number of oxazole rings is 1. The highest BCUT2D eigenvalue weighted by Gasteiger charge is 2.25. The molecule has 9 heteroatoms. The van der Waals surface area contributed by atoms with Gasteiger partial charge in [0, 0.05) is 36.5 Å². The Balaban J connectivity index is 1.54. The minimum atomic E-state index is -0.554. The smallest absolute Gasteiger partial charge is 0.410 e. The molecular formula is C30H37N5O4. The minimum Gasteiger partial charge on any atom is -0.444 e. The van der Waals surface area contributed by atoms with Gasteiger partial charge in [0.1, 0.15) is 11.3 Å². The van der Waals surface area contributed by atoms with Crippen LogP contribution in [-0.2, 0) is 16.0 Å². The molecule has 1 atom stereocenters. The van der Waals surface area contributed by atoms with Crippen LogP contribution >= 0.6 is 0 Å². The van der Waals surface area contributed by atoms with Gasteiger partial charge in [-0.15, -0.1) is 0 Å². The summed E-state index contributed by atoms with van der Waals surface area (Å²) in [4.78, 5) is 23.3. The van der Waals surface area contributed by atoms with Crippen LogP contribution in [0.2, 0.25) is 0 Å². The average Bonchev–Trinajstić information content (AvgIpc) is 3.50. The number of fused-ring (bicyclic) bond motifs is 1. The van der Waals surface area contributed by atoms with E-state index < -0.39 is 5.60 Å². The first-order valence-corrected chi connectivity index (χ1v) is 13.6. The Bertz CT molecular complexity index is 1480. The zero-order chi connectivity index (χ0) is 27.7. The Kier molecular flexibility index (Phi) is 7.44. The number of amides is 1. The maximum atomic E-state index is 12.8. The topological polar surface area (TPSA) is 95.5 Å². The predicted octanol–water partition coefficient (Wildman–Crippen LogP) is 6.83. The van der Waals surface area contributed by atoms with E-state index in [1.807, 2.05) is 51.7 Å². The molecule has 4 heterocycles. The van der Waals surface area contributed by atoms with Gasteiger partial charge in [0.05, 0.1) is 17.8 Å².